The number of benzene rings is 4. The van der Waals surface area contributed by atoms with Crippen molar-refractivity contribution in [2.24, 2.45) is 0 Å². The summed E-state index contributed by atoms with van der Waals surface area (Å²) in [5.74, 6) is 4.19. The van der Waals surface area contributed by atoms with E-state index in [1.54, 1.807) is 7.11 Å². The van der Waals surface area contributed by atoms with Crippen molar-refractivity contribution in [1.82, 2.24) is 9.55 Å². The van der Waals surface area contributed by atoms with Crippen LogP contribution in [0.2, 0.25) is 0 Å². The summed E-state index contributed by atoms with van der Waals surface area (Å²) in [6.07, 6.45) is 6.24. The van der Waals surface area contributed by atoms with Gasteiger partial charge in [0.15, 0.2) is 23.0 Å². The highest BCUT2D eigenvalue weighted by atomic mass is 35.5. The van der Waals surface area contributed by atoms with Crippen LogP contribution in [-0.4, -0.2) is 98.6 Å². The van der Waals surface area contributed by atoms with E-state index in [0.29, 0.717) is 38.5 Å². The molecule has 3 atom stereocenters. The maximum Gasteiger partial charge on any atom is 0.231 e. The molecule has 0 amide bonds. The molecule has 2 saturated heterocycles. The fraction of sp³-hybridized carbons (Fsp3) is 0.500. The second kappa shape index (κ2) is 23.2. The third kappa shape index (κ3) is 12.8. The van der Waals surface area contributed by atoms with Crippen molar-refractivity contribution in [3.63, 3.8) is 0 Å². The normalized spacial score (nSPS) is 19.6. The number of aliphatic hydroxyl groups excluding tert-OH is 1. The highest BCUT2D eigenvalue weighted by molar-refractivity contribution is 6.18. The van der Waals surface area contributed by atoms with Gasteiger partial charge in [0.25, 0.3) is 0 Å². The number of fused-ring (bicyclic) bond motifs is 4. The molecule has 3 unspecified atom stereocenters. The van der Waals surface area contributed by atoms with Crippen molar-refractivity contribution >= 4 is 45.0 Å². The number of hydrogen-bond acceptors (Lipinski definition) is 10. The Morgan fingerprint density at radius 3 is 1.77 bits per heavy atom. The molecule has 0 radical (unpaired) electrons. The molecule has 4 fully saturated rings. The number of methoxy groups -OCH3 is 1. The predicted octanol–water partition coefficient (Wildman–Crippen LogP) is 11.6. The van der Waals surface area contributed by atoms with E-state index in [4.69, 9.17) is 46.1 Å². The van der Waals surface area contributed by atoms with Crippen molar-refractivity contribution in [2.45, 2.75) is 133 Å². The van der Waals surface area contributed by atoms with Gasteiger partial charge in [-0.3, -0.25) is 14.0 Å². The van der Waals surface area contributed by atoms with E-state index in [1.807, 2.05) is 42.5 Å². The molecule has 398 valence electrons. The van der Waals surface area contributed by atoms with Gasteiger partial charge in [0, 0.05) is 71.8 Å². The van der Waals surface area contributed by atoms with Gasteiger partial charge in [-0.15, -0.1) is 11.6 Å². The fourth-order valence-corrected chi connectivity index (χ4v) is 9.96. The molecule has 0 spiro atoms. The molecule has 12 nitrogen and oxygen atoms in total. The Hall–Kier alpha value is -5.44. The summed E-state index contributed by atoms with van der Waals surface area (Å²) in [6, 6.07) is 28.7. The van der Waals surface area contributed by atoms with Crippen LogP contribution >= 0.6 is 11.6 Å². The monoisotopic (exact) mass is 1040 g/mol. The van der Waals surface area contributed by atoms with Crippen LogP contribution in [0.4, 0.5) is 4.39 Å². The number of aromatic nitrogens is 2. The molecule has 2 aromatic heterocycles. The summed E-state index contributed by atoms with van der Waals surface area (Å²) >= 11 is 5.27. The number of nitrogens with one attached hydrogen (secondary N) is 1. The first-order valence-corrected chi connectivity index (χ1v) is 26.3. The zero-order chi connectivity index (χ0) is 53.7. The number of halogens is 2. The number of aromatic amines is 1. The van der Waals surface area contributed by atoms with E-state index in [2.05, 4.69) is 93.6 Å². The molecule has 4 aliphatic heterocycles. The molecule has 2 saturated carbocycles. The number of carbonyl (C=O) groups excluding carboxylic acids is 2. The molecule has 6 aliphatic rings. The number of rotatable bonds is 13. The number of Topliss-reactive ketones (excluding diaryl/α,β-unsaturated/α-hetero) is 2. The summed E-state index contributed by atoms with van der Waals surface area (Å²) in [5, 5.41) is 12.7. The molecule has 6 aromatic rings. The van der Waals surface area contributed by atoms with Crippen LogP contribution in [0.1, 0.15) is 115 Å². The lowest BCUT2D eigenvalue weighted by Gasteiger charge is -2.23. The second-order valence-corrected chi connectivity index (χ2v) is 22.3. The van der Waals surface area contributed by atoms with E-state index < -0.39 is 11.5 Å². The lowest BCUT2D eigenvalue weighted by molar-refractivity contribution is -0.121. The minimum atomic E-state index is -0.584. The Balaban J connectivity index is 0.000000162. The van der Waals surface area contributed by atoms with Gasteiger partial charge in [-0.25, -0.2) is 0 Å². The number of ketones is 2. The van der Waals surface area contributed by atoms with Crippen molar-refractivity contribution in [1.29, 1.82) is 0 Å². The minimum absolute atomic E-state index is 0.0758. The van der Waals surface area contributed by atoms with Gasteiger partial charge < -0.3 is 47.8 Å². The summed E-state index contributed by atoms with van der Waals surface area (Å²) in [7, 11) is 2.10. The Bertz CT molecular complexity index is 2940. The highest BCUT2D eigenvalue weighted by Crippen LogP contribution is 2.53. The van der Waals surface area contributed by atoms with Crippen LogP contribution in [0.5, 0.6) is 23.0 Å². The summed E-state index contributed by atoms with van der Waals surface area (Å²) < 4.78 is 55.1. The van der Waals surface area contributed by atoms with Crippen LogP contribution in [0.3, 0.4) is 0 Å². The van der Waals surface area contributed by atoms with Crippen LogP contribution in [0, 0.1) is 0 Å². The molecule has 14 heteroatoms. The zero-order valence-corrected chi connectivity index (χ0v) is 45.0. The summed E-state index contributed by atoms with van der Waals surface area (Å²) in [6.45, 7) is 15.8. The predicted molar refractivity (Wildman–Crippen MR) is 287 cm³/mol. The largest absolute Gasteiger partial charge is 0.454 e. The van der Waals surface area contributed by atoms with Gasteiger partial charge in [-0.1, -0.05) is 65.8 Å². The number of hydrogen-bond donors (Lipinski definition) is 2. The lowest BCUT2D eigenvalue weighted by atomic mass is 9.87. The first kappa shape index (κ1) is 53.4. The molecule has 2 N–H and O–H groups in total. The van der Waals surface area contributed by atoms with Crippen LogP contribution < -0.4 is 18.9 Å². The average molecular weight is 1040 g/mol. The average Bonchev–Trinajstić information content (AvgIpc) is 4.32. The van der Waals surface area contributed by atoms with Crippen molar-refractivity contribution in [3.8, 4) is 23.0 Å². The number of aliphatic hydroxyl groups is 1. The lowest BCUT2D eigenvalue weighted by Crippen LogP contribution is -2.25. The molecule has 2 aliphatic carbocycles. The summed E-state index contributed by atoms with van der Waals surface area (Å²) in [5.41, 5.74) is 7.94. The molecule has 0 bridgehead atoms. The smallest absolute Gasteiger partial charge is 0.231 e. The standard InChI is InChI=1S/C28H33NO5.C24H25NO3.C4H8O.C3H5ClO.CH3F/c1-27(2,3)25-13-19-11-18(5-7-22(19)29(25)15-21(30)16-32-4)12-26(31)28(9-10-28)20-6-8-23-24(14-20)34-17-33-23;1-23(2,3)21-12-16-10-15(4-6-18(16)25-21)11-22(26)24(8-9-24)17-5-7-19-20(13-17)28-14-27-19;1-2-4-5-3-1;4-1-3-2-5-3;1-2/h5-8,11,13-14,21,30H,9-10,12,15-17H2,1-4H3;4-7,10,12-13,25H,8-9,11,14H2,1-3H3;1-4H2;3H,1-2H2;1H3/i;;3D;;. The first-order chi connectivity index (χ1) is 35.9. The van der Waals surface area contributed by atoms with E-state index in [-0.39, 0.29) is 54.6 Å². The maximum absolute atomic E-state index is 13.5. The third-order valence-corrected chi connectivity index (χ3v) is 14.7. The number of alkyl halides is 2. The van der Waals surface area contributed by atoms with Gasteiger partial charge in [0.05, 0.1) is 57.2 Å². The third-order valence-electron chi connectivity index (χ3n) is 14.4. The van der Waals surface area contributed by atoms with Crippen molar-refractivity contribution in [3.05, 3.63) is 119 Å². The SMILES string of the molecule is CC(C)(C)c1cc2cc(CC(=O)C3(c4ccc5c(c4)OCO5)CC3)ccc2[nH]1.CF.COCC(O)Cn1c(C(C)(C)C)cc2cc(CC(=O)C3(c4ccc5c(c4)OCO5)CC3)ccc21.ClCC1CO1.[2H]C1CCCO1. The molecule has 74 heavy (non-hydrogen) atoms. The van der Waals surface area contributed by atoms with Crippen molar-refractivity contribution < 1.29 is 53.6 Å². The van der Waals surface area contributed by atoms with Gasteiger partial charge in [0.1, 0.15) is 11.6 Å². The zero-order valence-electron chi connectivity index (χ0n) is 45.2. The Morgan fingerprint density at radius 2 is 1.32 bits per heavy atom. The molecule has 12 rings (SSSR count). The number of H-pyrrole nitrogens is 1. The molecule has 6 heterocycles. The van der Waals surface area contributed by atoms with Crippen LogP contribution in [-0.2, 0) is 64.8 Å². The first-order valence-electron chi connectivity index (χ1n) is 26.3. The van der Waals surface area contributed by atoms with E-state index in [1.165, 1.54) is 11.1 Å². The number of ether oxygens (including phenoxy) is 7. The topological polar surface area (TPSA) is 143 Å². The highest BCUT2D eigenvalue weighted by Gasteiger charge is 2.52. The van der Waals surface area contributed by atoms with E-state index in [0.717, 1.165) is 119 Å². The number of nitrogens with zero attached hydrogens (tertiary/aromatic N) is 1. The Morgan fingerprint density at radius 1 is 0.770 bits per heavy atom. The number of epoxide rings is 1. The Kier molecular flexibility index (Phi) is 16.7. The minimum Gasteiger partial charge on any atom is -0.454 e. The maximum atomic E-state index is 13.5. The molecular formula is C60H74ClFN2O10. The fourth-order valence-electron chi connectivity index (χ4n) is 9.78. The van der Waals surface area contributed by atoms with Crippen LogP contribution in [0.15, 0.2) is 84.9 Å². The quantitative estimate of drug-likeness (QED) is 0.0848. The van der Waals surface area contributed by atoms with Gasteiger partial charge in [0.2, 0.25) is 13.6 Å². The second-order valence-electron chi connectivity index (χ2n) is 22.0. The van der Waals surface area contributed by atoms with Gasteiger partial charge >= 0.3 is 0 Å². The van der Waals surface area contributed by atoms with Crippen LogP contribution in [0.25, 0.3) is 21.8 Å². The Labute approximate surface area is 441 Å². The van der Waals surface area contributed by atoms with E-state index in [9.17, 15) is 19.1 Å². The number of carbonyl (C=O) groups is 2. The van der Waals surface area contributed by atoms with Gasteiger partial charge in [-0.05, 0) is 127 Å². The van der Waals surface area contributed by atoms with Gasteiger partial charge in [-0.2, -0.15) is 0 Å². The van der Waals surface area contributed by atoms with E-state index >= 15 is 0 Å². The molecule has 4 aromatic carbocycles. The summed E-state index contributed by atoms with van der Waals surface area (Å²) in [4.78, 5) is 30.2. The molecular weight excluding hydrogens is 963 g/mol. The van der Waals surface area contributed by atoms with Crippen molar-refractivity contribution in [2.75, 3.05) is 60.2 Å².